The van der Waals surface area contributed by atoms with Gasteiger partial charge in [0.15, 0.2) is 0 Å². The van der Waals surface area contributed by atoms with Crippen molar-refractivity contribution in [3.63, 3.8) is 0 Å². The van der Waals surface area contributed by atoms with E-state index in [2.05, 4.69) is 10.6 Å². The lowest BCUT2D eigenvalue weighted by molar-refractivity contribution is -0.126. The lowest BCUT2D eigenvalue weighted by Gasteiger charge is -2.06. The highest BCUT2D eigenvalue weighted by Crippen LogP contribution is 2.08. The number of hydrogen-bond acceptors (Lipinski definition) is 2. The number of hydrogen-bond donors (Lipinski definition) is 2. The molecule has 0 bridgehead atoms. The maximum absolute atomic E-state index is 12.7. The number of carbonyl (C=O) groups excluding carboxylic acids is 2. The van der Waals surface area contributed by atoms with Gasteiger partial charge in [-0.15, -0.1) is 0 Å². The molecule has 0 atom stereocenters. The van der Waals surface area contributed by atoms with Crippen LogP contribution in [0.3, 0.4) is 0 Å². The largest absolute Gasteiger partial charge is 0.352 e. The Labute approximate surface area is 122 Å². The number of amides is 2. The molecule has 0 aliphatic carbocycles. The lowest BCUT2D eigenvalue weighted by atomic mass is 10.2. The van der Waals surface area contributed by atoms with E-state index in [9.17, 15) is 14.0 Å². The monoisotopic (exact) mass is 286 g/mol. The minimum Gasteiger partial charge on any atom is -0.352 e. The first kappa shape index (κ1) is 14.7. The first-order valence-corrected chi connectivity index (χ1v) is 6.49. The summed E-state index contributed by atoms with van der Waals surface area (Å²) in [6, 6.07) is 14.8. The highest BCUT2D eigenvalue weighted by Gasteiger charge is 2.09. The summed E-state index contributed by atoms with van der Waals surface area (Å²) in [5.74, 6) is -1.18. The molecule has 2 rings (SSSR count). The third kappa shape index (κ3) is 5.06. The number of nitrogens with one attached hydrogen (secondary N) is 2. The van der Waals surface area contributed by atoms with E-state index in [0.29, 0.717) is 12.2 Å². The molecular formula is C16H15FN2O2. The van der Waals surface area contributed by atoms with E-state index in [-0.39, 0.29) is 18.1 Å². The predicted molar refractivity (Wildman–Crippen MR) is 77.9 cm³/mol. The van der Waals surface area contributed by atoms with Crippen molar-refractivity contribution in [3.8, 4) is 0 Å². The van der Waals surface area contributed by atoms with Crippen molar-refractivity contribution >= 4 is 17.5 Å². The van der Waals surface area contributed by atoms with Gasteiger partial charge in [0.1, 0.15) is 12.2 Å². The number of benzene rings is 2. The lowest BCUT2D eigenvalue weighted by Crippen LogP contribution is -2.27. The topological polar surface area (TPSA) is 58.2 Å². The summed E-state index contributed by atoms with van der Waals surface area (Å²) >= 11 is 0. The molecule has 0 aliphatic heterocycles. The average Bonchev–Trinajstić information content (AvgIpc) is 2.48. The summed E-state index contributed by atoms with van der Waals surface area (Å²) in [7, 11) is 0. The molecule has 0 aromatic heterocycles. The fourth-order valence-electron chi connectivity index (χ4n) is 1.74. The predicted octanol–water partition coefficient (Wildman–Crippen LogP) is 2.47. The van der Waals surface area contributed by atoms with Crippen molar-refractivity contribution in [2.45, 2.75) is 13.0 Å². The molecule has 5 heteroatoms. The number of anilines is 1. The maximum Gasteiger partial charge on any atom is 0.233 e. The molecule has 0 spiro atoms. The van der Waals surface area contributed by atoms with Crippen molar-refractivity contribution < 1.29 is 14.0 Å². The van der Waals surface area contributed by atoms with Crippen molar-refractivity contribution in [1.82, 2.24) is 5.32 Å². The Kier molecular flexibility index (Phi) is 5.04. The van der Waals surface area contributed by atoms with E-state index in [0.717, 1.165) is 5.56 Å². The van der Waals surface area contributed by atoms with Crippen molar-refractivity contribution in [2.75, 3.05) is 5.32 Å². The molecule has 0 fully saturated rings. The molecule has 0 unspecified atom stereocenters. The molecule has 0 saturated heterocycles. The van der Waals surface area contributed by atoms with Crippen LogP contribution in [-0.4, -0.2) is 11.8 Å². The third-order valence-corrected chi connectivity index (χ3v) is 2.78. The SMILES string of the molecule is O=C(CC(=O)Nc1ccc(F)cc1)NCc1ccccc1. The van der Waals surface area contributed by atoms with E-state index in [1.165, 1.54) is 24.3 Å². The summed E-state index contributed by atoms with van der Waals surface area (Å²) in [5.41, 5.74) is 1.42. The van der Waals surface area contributed by atoms with Crippen molar-refractivity contribution in [3.05, 3.63) is 66.0 Å². The van der Waals surface area contributed by atoms with Crippen LogP contribution in [0.5, 0.6) is 0 Å². The summed E-state index contributed by atoms with van der Waals surface area (Å²) in [6.07, 6.45) is -0.274. The van der Waals surface area contributed by atoms with Gasteiger partial charge < -0.3 is 10.6 Å². The van der Waals surface area contributed by atoms with Crippen LogP contribution in [0.15, 0.2) is 54.6 Å². The molecule has 0 saturated carbocycles. The first-order chi connectivity index (χ1) is 10.1. The van der Waals surface area contributed by atoms with E-state index in [4.69, 9.17) is 0 Å². The van der Waals surface area contributed by atoms with Gasteiger partial charge in [-0.2, -0.15) is 0 Å². The molecule has 0 radical (unpaired) electrons. The Morgan fingerprint density at radius 3 is 2.24 bits per heavy atom. The van der Waals surface area contributed by atoms with E-state index in [1.54, 1.807) is 0 Å². The van der Waals surface area contributed by atoms with Gasteiger partial charge in [-0.05, 0) is 29.8 Å². The minimum atomic E-state index is -0.438. The van der Waals surface area contributed by atoms with Gasteiger partial charge in [0.2, 0.25) is 11.8 Å². The molecule has 0 heterocycles. The van der Waals surface area contributed by atoms with E-state index < -0.39 is 5.91 Å². The summed E-state index contributed by atoms with van der Waals surface area (Å²) in [6.45, 7) is 0.378. The fourth-order valence-corrected chi connectivity index (χ4v) is 1.74. The van der Waals surface area contributed by atoms with Gasteiger partial charge in [0.25, 0.3) is 0 Å². The molecule has 4 nitrogen and oxygen atoms in total. The Morgan fingerprint density at radius 1 is 0.905 bits per heavy atom. The van der Waals surface area contributed by atoms with E-state index in [1.807, 2.05) is 30.3 Å². The van der Waals surface area contributed by atoms with Crippen LogP contribution in [0.25, 0.3) is 0 Å². The molecule has 2 aromatic carbocycles. The Morgan fingerprint density at radius 2 is 1.57 bits per heavy atom. The van der Waals surface area contributed by atoms with Crippen LogP contribution in [-0.2, 0) is 16.1 Å². The Balaban J connectivity index is 1.77. The smallest absolute Gasteiger partial charge is 0.233 e. The summed E-state index contributed by atoms with van der Waals surface area (Å²) in [4.78, 5) is 23.3. The average molecular weight is 286 g/mol. The highest BCUT2D eigenvalue weighted by atomic mass is 19.1. The molecule has 0 aliphatic rings. The van der Waals surface area contributed by atoms with Gasteiger partial charge in [-0.1, -0.05) is 30.3 Å². The fraction of sp³-hybridized carbons (Fsp3) is 0.125. The van der Waals surface area contributed by atoms with Gasteiger partial charge in [-0.3, -0.25) is 9.59 Å². The normalized spacial score (nSPS) is 9.95. The number of carbonyl (C=O) groups is 2. The second-order valence-electron chi connectivity index (χ2n) is 4.49. The van der Waals surface area contributed by atoms with Crippen LogP contribution < -0.4 is 10.6 Å². The standard InChI is InChI=1S/C16H15FN2O2/c17-13-6-8-14(9-7-13)19-16(21)10-15(20)18-11-12-4-2-1-3-5-12/h1-9H,10-11H2,(H,18,20)(H,19,21). The second kappa shape index (κ2) is 7.19. The third-order valence-electron chi connectivity index (χ3n) is 2.78. The van der Waals surface area contributed by atoms with Crippen LogP contribution in [0.4, 0.5) is 10.1 Å². The molecular weight excluding hydrogens is 271 g/mol. The Hall–Kier alpha value is -2.69. The van der Waals surface area contributed by atoms with Crippen molar-refractivity contribution in [1.29, 1.82) is 0 Å². The first-order valence-electron chi connectivity index (χ1n) is 6.49. The zero-order valence-electron chi connectivity index (χ0n) is 11.3. The van der Waals surface area contributed by atoms with Gasteiger partial charge in [0, 0.05) is 12.2 Å². The van der Waals surface area contributed by atoms with Gasteiger partial charge in [0.05, 0.1) is 0 Å². The van der Waals surface area contributed by atoms with Crippen LogP contribution in [0, 0.1) is 5.82 Å². The number of rotatable bonds is 5. The Bertz CT molecular complexity index is 612. The highest BCUT2D eigenvalue weighted by molar-refractivity contribution is 6.03. The summed E-state index contributed by atoms with van der Waals surface area (Å²) < 4.78 is 12.7. The minimum absolute atomic E-state index is 0.274. The van der Waals surface area contributed by atoms with E-state index >= 15 is 0 Å². The zero-order chi connectivity index (χ0) is 15.1. The van der Waals surface area contributed by atoms with Crippen LogP contribution >= 0.6 is 0 Å². The maximum atomic E-state index is 12.7. The molecule has 21 heavy (non-hydrogen) atoms. The second-order valence-corrected chi connectivity index (χ2v) is 4.49. The molecule has 2 aromatic rings. The van der Waals surface area contributed by atoms with Gasteiger partial charge >= 0.3 is 0 Å². The molecule has 2 N–H and O–H groups in total. The van der Waals surface area contributed by atoms with Gasteiger partial charge in [-0.25, -0.2) is 4.39 Å². The summed E-state index contributed by atoms with van der Waals surface area (Å²) in [5, 5.41) is 5.20. The molecule has 2 amide bonds. The molecule has 108 valence electrons. The van der Waals surface area contributed by atoms with Crippen molar-refractivity contribution in [2.24, 2.45) is 0 Å². The van der Waals surface area contributed by atoms with Crippen LogP contribution in [0.2, 0.25) is 0 Å². The zero-order valence-corrected chi connectivity index (χ0v) is 11.3. The van der Waals surface area contributed by atoms with Crippen LogP contribution in [0.1, 0.15) is 12.0 Å². The quantitative estimate of drug-likeness (QED) is 0.830. The number of halogens is 1.